The van der Waals surface area contributed by atoms with Crippen LogP contribution in [0.2, 0.25) is 0 Å². The Hall–Kier alpha value is -2.09. The van der Waals surface area contributed by atoms with E-state index in [1.165, 1.54) is 11.3 Å². The van der Waals surface area contributed by atoms with Crippen LogP contribution in [0.3, 0.4) is 0 Å². The van der Waals surface area contributed by atoms with Gasteiger partial charge in [-0.2, -0.15) is 0 Å². The summed E-state index contributed by atoms with van der Waals surface area (Å²) < 4.78 is 0. The predicted molar refractivity (Wildman–Crippen MR) is 101 cm³/mol. The van der Waals surface area contributed by atoms with E-state index in [-0.39, 0.29) is 24.4 Å². The van der Waals surface area contributed by atoms with Gasteiger partial charge in [-0.1, -0.05) is 13.0 Å². The SMILES string of the molecule is CCCN(C(=O)c1cccs1)C1CCN(C(=O)NCCCC(=O)O)CC1. The lowest BCUT2D eigenvalue weighted by molar-refractivity contribution is -0.137. The van der Waals surface area contributed by atoms with E-state index in [4.69, 9.17) is 5.11 Å². The molecule has 0 atom stereocenters. The number of piperidine rings is 1. The minimum Gasteiger partial charge on any atom is -0.481 e. The van der Waals surface area contributed by atoms with Crippen LogP contribution in [0.25, 0.3) is 0 Å². The van der Waals surface area contributed by atoms with Crippen molar-refractivity contribution in [3.63, 3.8) is 0 Å². The molecule has 1 saturated heterocycles. The number of hydrogen-bond donors (Lipinski definition) is 2. The molecule has 26 heavy (non-hydrogen) atoms. The fourth-order valence-corrected chi connectivity index (χ4v) is 3.84. The molecule has 0 spiro atoms. The summed E-state index contributed by atoms with van der Waals surface area (Å²) in [6.07, 6.45) is 2.91. The summed E-state index contributed by atoms with van der Waals surface area (Å²) in [5.74, 6) is -0.773. The van der Waals surface area contributed by atoms with E-state index in [2.05, 4.69) is 12.2 Å². The van der Waals surface area contributed by atoms with Gasteiger partial charge in [0.15, 0.2) is 0 Å². The summed E-state index contributed by atoms with van der Waals surface area (Å²) in [5, 5.41) is 13.3. The van der Waals surface area contributed by atoms with Gasteiger partial charge in [0.25, 0.3) is 5.91 Å². The zero-order chi connectivity index (χ0) is 18.9. The van der Waals surface area contributed by atoms with Crippen molar-refractivity contribution in [1.82, 2.24) is 15.1 Å². The smallest absolute Gasteiger partial charge is 0.317 e. The van der Waals surface area contributed by atoms with Crippen molar-refractivity contribution in [2.75, 3.05) is 26.2 Å². The molecule has 1 aliphatic rings. The highest BCUT2D eigenvalue weighted by Gasteiger charge is 2.29. The van der Waals surface area contributed by atoms with Crippen molar-refractivity contribution < 1.29 is 19.5 Å². The predicted octanol–water partition coefficient (Wildman–Crippen LogP) is 2.64. The van der Waals surface area contributed by atoms with Crippen LogP contribution in [0.5, 0.6) is 0 Å². The summed E-state index contributed by atoms with van der Waals surface area (Å²) >= 11 is 1.46. The molecule has 0 bridgehead atoms. The molecular weight excluding hydrogens is 354 g/mol. The van der Waals surface area contributed by atoms with Gasteiger partial charge in [0, 0.05) is 38.6 Å². The van der Waals surface area contributed by atoms with Crippen LogP contribution in [0, 0.1) is 0 Å². The minimum atomic E-state index is -0.855. The van der Waals surface area contributed by atoms with Crippen LogP contribution in [0.4, 0.5) is 4.79 Å². The molecule has 1 aromatic heterocycles. The van der Waals surface area contributed by atoms with E-state index >= 15 is 0 Å². The Morgan fingerprint density at radius 3 is 2.65 bits per heavy atom. The minimum absolute atomic E-state index is 0.0547. The van der Waals surface area contributed by atoms with Crippen molar-refractivity contribution in [3.8, 4) is 0 Å². The first kappa shape index (κ1) is 20.2. The fourth-order valence-electron chi connectivity index (χ4n) is 3.16. The summed E-state index contributed by atoms with van der Waals surface area (Å²) in [4.78, 5) is 39.8. The number of thiophene rings is 1. The number of likely N-dealkylation sites (tertiary alicyclic amines) is 1. The topological polar surface area (TPSA) is 90.0 Å². The molecule has 1 fully saturated rings. The van der Waals surface area contributed by atoms with Crippen molar-refractivity contribution in [2.45, 2.75) is 45.1 Å². The number of hydrogen-bond acceptors (Lipinski definition) is 4. The monoisotopic (exact) mass is 381 g/mol. The van der Waals surface area contributed by atoms with Crippen LogP contribution in [-0.2, 0) is 4.79 Å². The first-order chi connectivity index (χ1) is 12.5. The number of nitrogens with zero attached hydrogens (tertiary/aromatic N) is 2. The van der Waals surface area contributed by atoms with E-state index in [0.717, 1.165) is 30.7 Å². The van der Waals surface area contributed by atoms with E-state index in [1.807, 2.05) is 22.4 Å². The molecule has 1 aromatic rings. The normalized spacial score (nSPS) is 14.9. The molecule has 2 rings (SSSR count). The maximum Gasteiger partial charge on any atom is 0.317 e. The highest BCUT2D eigenvalue weighted by atomic mass is 32.1. The third-order valence-electron chi connectivity index (χ3n) is 4.49. The lowest BCUT2D eigenvalue weighted by Gasteiger charge is -2.38. The van der Waals surface area contributed by atoms with Crippen LogP contribution >= 0.6 is 11.3 Å². The Bertz CT molecular complexity index is 598. The van der Waals surface area contributed by atoms with Gasteiger partial charge in [-0.3, -0.25) is 9.59 Å². The first-order valence-corrected chi connectivity index (χ1v) is 10.00. The average Bonchev–Trinajstić information content (AvgIpc) is 3.17. The molecule has 0 aliphatic carbocycles. The van der Waals surface area contributed by atoms with Crippen LogP contribution in [0.1, 0.15) is 48.7 Å². The molecule has 8 heteroatoms. The third-order valence-corrected chi connectivity index (χ3v) is 5.35. The second-order valence-corrected chi connectivity index (χ2v) is 7.37. The van der Waals surface area contributed by atoms with Crippen molar-refractivity contribution in [1.29, 1.82) is 0 Å². The van der Waals surface area contributed by atoms with E-state index < -0.39 is 5.97 Å². The third kappa shape index (κ3) is 5.72. The number of carbonyl (C=O) groups is 3. The van der Waals surface area contributed by atoms with Crippen molar-refractivity contribution in [2.24, 2.45) is 0 Å². The molecule has 2 N–H and O–H groups in total. The standard InChI is InChI=1S/C18H27N3O4S/c1-2-10-21(17(24)15-5-4-13-26-15)14-7-11-20(12-8-14)18(25)19-9-3-6-16(22)23/h4-5,13-14H,2-3,6-12H2,1H3,(H,19,25)(H,22,23). The summed E-state index contributed by atoms with van der Waals surface area (Å²) in [5.41, 5.74) is 0. The van der Waals surface area contributed by atoms with E-state index in [9.17, 15) is 14.4 Å². The molecular formula is C18H27N3O4S. The first-order valence-electron chi connectivity index (χ1n) is 9.12. The molecule has 0 unspecified atom stereocenters. The van der Waals surface area contributed by atoms with Gasteiger partial charge in [-0.05, 0) is 37.1 Å². The Balaban J connectivity index is 1.82. The Morgan fingerprint density at radius 1 is 1.35 bits per heavy atom. The van der Waals surface area contributed by atoms with Gasteiger partial charge < -0.3 is 20.2 Å². The van der Waals surface area contributed by atoms with Gasteiger partial charge >= 0.3 is 12.0 Å². The number of carboxylic acid groups (broad SMARTS) is 1. The molecule has 0 saturated carbocycles. The fraction of sp³-hybridized carbons (Fsp3) is 0.611. The summed E-state index contributed by atoms with van der Waals surface area (Å²) in [7, 11) is 0. The summed E-state index contributed by atoms with van der Waals surface area (Å²) in [6, 6.07) is 3.75. The highest BCUT2D eigenvalue weighted by Crippen LogP contribution is 2.21. The second-order valence-electron chi connectivity index (χ2n) is 6.42. The Morgan fingerprint density at radius 2 is 2.08 bits per heavy atom. The van der Waals surface area contributed by atoms with Gasteiger partial charge in [-0.15, -0.1) is 11.3 Å². The van der Waals surface area contributed by atoms with Crippen molar-refractivity contribution >= 4 is 29.2 Å². The zero-order valence-corrected chi connectivity index (χ0v) is 16.0. The Kier molecular flexibility index (Phi) is 7.90. The van der Waals surface area contributed by atoms with Crippen molar-refractivity contribution in [3.05, 3.63) is 22.4 Å². The van der Waals surface area contributed by atoms with Gasteiger partial charge in [0.2, 0.25) is 0 Å². The lowest BCUT2D eigenvalue weighted by atomic mass is 10.0. The van der Waals surface area contributed by atoms with Gasteiger partial charge in [-0.25, -0.2) is 4.79 Å². The van der Waals surface area contributed by atoms with E-state index in [0.29, 0.717) is 26.1 Å². The number of amides is 3. The number of urea groups is 1. The van der Waals surface area contributed by atoms with Gasteiger partial charge in [0.05, 0.1) is 4.88 Å². The van der Waals surface area contributed by atoms with Gasteiger partial charge in [0.1, 0.15) is 0 Å². The number of carbonyl (C=O) groups excluding carboxylic acids is 2. The number of nitrogens with one attached hydrogen (secondary N) is 1. The molecule has 144 valence electrons. The number of carboxylic acids is 1. The number of rotatable bonds is 8. The quantitative estimate of drug-likeness (QED) is 0.678. The summed E-state index contributed by atoms with van der Waals surface area (Å²) in [6.45, 7) is 4.36. The molecule has 2 heterocycles. The maximum atomic E-state index is 12.7. The maximum absolute atomic E-state index is 12.7. The second kappa shape index (κ2) is 10.2. The highest BCUT2D eigenvalue weighted by molar-refractivity contribution is 7.12. The Labute approximate surface area is 158 Å². The number of aliphatic carboxylic acids is 1. The molecule has 0 aromatic carbocycles. The lowest BCUT2D eigenvalue weighted by Crippen LogP contribution is -2.51. The molecule has 1 aliphatic heterocycles. The van der Waals surface area contributed by atoms with Crippen LogP contribution in [0.15, 0.2) is 17.5 Å². The molecule has 7 nitrogen and oxygen atoms in total. The van der Waals surface area contributed by atoms with Crippen LogP contribution in [-0.4, -0.2) is 65.0 Å². The molecule has 0 radical (unpaired) electrons. The molecule has 3 amide bonds. The van der Waals surface area contributed by atoms with E-state index in [1.54, 1.807) is 4.90 Å². The largest absolute Gasteiger partial charge is 0.481 e. The van der Waals surface area contributed by atoms with Crippen LogP contribution < -0.4 is 5.32 Å². The average molecular weight is 381 g/mol. The zero-order valence-electron chi connectivity index (χ0n) is 15.1.